The number of hydrogen-bond donors (Lipinski definition) is 1. The molecule has 0 aliphatic heterocycles. The van der Waals surface area contributed by atoms with Crippen LogP contribution in [0.25, 0.3) is 0 Å². The lowest BCUT2D eigenvalue weighted by Gasteiger charge is -2.32. The van der Waals surface area contributed by atoms with Crippen LogP contribution in [-0.4, -0.2) is 11.5 Å². The molecule has 2 aromatic heterocycles. The quantitative estimate of drug-likeness (QED) is 0.857. The highest BCUT2D eigenvalue weighted by Gasteiger charge is 2.31. The molecule has 3 nitrogen and oxygen atoms in total. The third kappa shape index (κ3) is 3.06. The number of rotatable bonds is 5. The van der Waals surface area contributed by atoms with E-state index in [1.807, 2.05) is 12.3 Å². The van der Waals surface area contributed by atoms with Gasteiger partial charge in [-0.2, -0.15) is 0 Å². The summed E-state index contributed by atoms with van der Waals surface area (Å²) in [6.07, 6.45) is 8.33. The highest BCUT2D eigenvalue weighted by molar-refractivity contribution is 9.10. The number of fused-ring (bicyclic) bond motifs is 1. The molecule has 0 saturated heterocycles. The maximum absolute atomic E-state index is 5.46. The van der Waals surface area contributed by atoms with Crippen LogP contribution in [0.4, 0.5) is 0 Å². The predicted octanol–water partition coefficient (Wildman–Crippen LogP) is 4.60. The molecule has 0 saturated carbocycles. The summed E-state index contributed by atoms with van der Waals surface area (Å²) in [7, 11) is 0. The van der Waals surface area contributed by atoms with Crippen molar-refractivity contribution >= 4 is 15.9 Å². The van der Waals surface area contributed by atoms with Gasteiger partial charge >= 0.3 is 0 Å². The van der Waals surface area contributed by atoms with Crippen LogP contribution in [-0.2, 0) is 6.42 Å². The van der Waals surface area contributed by atoms with Crippen molar-refractivity contribution in [2.75, 3.05) is 6.54 Å². The largest absolute Gasteiger partial charge is 0.457 e. The summed E-state index contributed by atoms with van der Waals surface area (Å²) in [5, 5.41) is 3.69. The first-order chi connectivity index (χ1) is 10.3. The molecule has 0 fully saturated rings. The standard InChI is InChI=1S/C17H21BrN2O/c1-2-9-19-16(14-8-11-21-17(14)18)13-7-3-5-12-6-4-10-20-15(12)13/h4,6,8,10-11,13,16,19H,2-3,5,7,9H2,1H3. The van der Waals surface area contributed by atoms with Crippen molar-refractivity contribution in [3.05, 3.63) is 52.1 Å². The van der Waals surface area contributed by atoms with Crippen LogP contribution in [0.15, 0.2) is 39.7 Å². The fraction of sp³-hybridized carbons (Fsp3) is 0.471. The second-order valence-electron chi connectivity index (χ2n) is 5.63. The van der Waals surface area contributed by atoms with E-state index in [9.17, 15) is 0 Å². The molecule has 0 radical (unpaired) electrons. The number of halogens is 1. The van der Waals surface area contributed by atoms with Gasteiger partial charge in [0.1, 0.15) is 0 Å². The molecule has 2 atom stereocenters. The summed E-state index contributed by atoms with van der Waals surface area (Å²) < 4.78 is 6.29. The van der Waals surface area contributed by atoms with Crippen molar-refractivity contribution in [1.82, 2.24) is 10.3 Å². The Kier molecular flexibility index (Phi) is 4.76. The van der Waals surface area contributed by atoms with E-state index in [1.54, 1.807) is 6.26 Å². The molecular formula is C17H21BrN2O. The number of aromatic nitrogens is 1. The summed E-state index contributed by atoms with van der Waals surface area (Å²) in [5.41, 5.74) is 3.86. The van der Waals surface area contributed by atoms with Gasteiger partial charge in [-0.15, -0.1) is 0 Å². The highest BCUT2D eigenvalue weighted by atomic mass is 79.9. The molecule has 3 rings (SSSR count). The van der Waals surface area contributed by atoms with E-state index < -0.39 is 0 Å². The lowest BCUT2D eigenvalue weighted by atomic mass is 9.80. The molecule has 0 bridgehead atoms. The van der Waals surface area contributed by atoms with E-state index in [0.717, 1.165) is 24.1 Å². The summed E-state index contributed by atoms with van der Waals surface area (Å²) in [6.45, 7) is 3.20. The van der Waals surface area contributed by atoms with Crippen molar-refractivity contribution in [2.45, 2.75) is 44.6 Å². The normalized spacial score (nSPS) is 19.2. The van der Waals surface area contributed by atoms with Crippen LogP contribution < -0.4 is 5.32 Å². The Morgan fingerprint density at radius 3 is 3.14 bits per heavy atom. The van der Waals surface area contributed by atoms with Crippen molar-refractivity contribution < 1.29 is 4.42 Å². The number of pyridine rings is 1. The Hall–Kier alpha value is -1.13. The number of nitrogens with zero attached hydrogens (tertiary/aromatic N) is 1. The third-order valence-electron chi connectivity index (χ3n) is 4.24. The Labute approximate surface area is 134 Å². The molecule has 2 heterocycles. The van der Waals surface area contributed by atoms with Crippen molar-refractivity contribution in [3.8, 4) is 0 Å². The molecule has 112 valence electrons. The maximum atomic E-state index is 5.46. The fourth-order valence-corrected chi connectivity index (χ4v) is 3.75. The first-order valence-corrected chi connectivity index (χ1v) is 8.50. The molecule has 2 unspecified atom stereocenters. The summed E-state index contributed by atoms with van der Waals surface area (Å²) >= 11 is 3.54. The lowest BCUT2D eigenvalue weighted by molar-refractivity contribution is 0.388. The van der Waals surface area contributed by atoms with E-state index in [0.29, 0.717) is 5.92 Å². The van der Waals surface area contributed by atoms with Crippen LogP contribution in [0.1, 0.15) is 55.0 Å². The first-order valence-electron chi connectivity index (χ1n) is 7.71. The van der Waals surface area contributed by atoms with Crippen molar-refractivity contribution in [2.24, 2.45) is 0 Å². The smallest absolute Gasteiger partial charge is 0.173 e. The Morgan fingerprint density at radius 1 is 1.48 bits per heavy atom. The number of aryl methyl sites for hydroxylation is 1. The molecule has 1 aliphatic carbocycles. The van der Waals surface area contributed by atoms with Gasteiger partial charge < -0.3 is 9.73 Å². The Morgan fingerprint density at radius 2 is 2.38 bits per heavy atom. The monoisotopic (exact) mass is 348 g/mol. The van der Waals surface area contributed by atoms with Crippen molar-refractivity contribution in [3.63, 3.8) is 0 Å². The molecular weight excluding hydrogens is 328 g/mol. The van der Waals surface area contributed by atoms with Gasteiger partial charge in [-0.1, -0.05) is 13.0 Å². The van der Waals surface area contributed by atoms with E-state index in [1.165, 1.54) is 29.7 Å². The SMILES string of the molecule is CCCNC(c1ccoc1Br)C1CCCc2cccnc21. The summed E-state index contributed by atoms with van der Waals surface area (Å²) in [5.74, 6) is 0.412. The number of nitrogens with one attached hydrogen (secondary N) is 1. The predicted molar refractivity (Wildman–Crippen MR) is 87.4 cm³/mol. The minimum absolute atomic E-state index is 0.257. The summed E-state index contributed by atoms with van der Waals surface area (Å²) in [4.78, 5) is 4.68. The van der Waals surface area contributed by atoms with Gasteiger partial charge in [0.05, 0.1) is 6.26 Å². The van der Waals surface area contributed by atoms with E-state index in [2.05, 4.69) is 45.3 Å². The average molecular weight is 349 g/mol. The average Bonchev–Trinajstić information content (AvgIpc) is 2.94. The number of hydrogen-bond acceptors (Lipinski definition) is 3. The van der Waals surface area contributed by atoms with Crippen LogP contribution in [0.2, 0.25) is 0 Å². The molecule has 21 heavy (non-hydrogen) atoms. The number of furan rings is 1. The zero-order chi connectivity index (χ0) is 14.7. The van der Waals surface area contributed by atoms with Crippen LogP contribution in [0.3, 0.4) is 0 Å². The second-order valence-corrected chi connectivity index (χ2v) is 6.35. The minimum atomic E-state index is 0.257. The van der Waals surface area contributed by atoms with Crippen molar-refractivity contribution in [1.29, 1.82) is 0 Å². The topological polar surface area (TPSA) is 38.1 Å². The van der Waals surface area contributed by atoms with E-state index >= 15 is 0 Å². The first kappa shape index (κ1) is 14.8. The second kappa shape index (κ2) is 6.75. The molecule has 0 aromatic carbocycles. The van der Waals surface area contributed by atoms with Gasteiger partial charge in [-0.05, 0) is 65.9 Å². The third-order valence-corrected chi connectivity index (χ3v) is 4.88. The van der Waals surface area contributed by atoms with Gasteiger partial charge in [0.25, 0.3) is 0 Å². The van der Waals surface area contributed by atoms with Gasteiger partial charge in [-0.25, -0.2) is 0 Å². The molecule has 0 amide bonds. The summed E-state index contributed by atoms with van der Waals surface area (Å²) in [6, 6.07) is 6.58. The van der Waals surface area contributed by atoms with Gasteiger partial charge in [0.2, 0.25) is 0 Å². The van der Waals surface area contributed by atoms with Gasteiger partial charge in [-0.3, -0.25) is 4.98 Å². The minimum Gasteiger partial charge on any atom is -0.457 e. The molecule has 1 aliphatic rings. The maximum Gasteiger partial charge on any atom is 0.173 e. The van der Waals surface area contributed by atoms with Crippen LogP contribution >= 0.6 is 15.9 Å². The molecule has 1 N–H and O–H groups in total. The van der Waals surface area contributed by atoms with Crippen LogP contribution in [0.5, 0.6) is 0 Å². The van der Waals surface area contributed by atoms with E-state index in [4.69, 9.17) is 4.42 Å². The molecule has 2 aromatic rings. The van der Waals surface area contributed by atoms with Gasteiger partial charge in [0, 0.05) is 29.4 Å². The zero-order valence-electron chi connectivity index (χ0n) is 12.3. The lowest BCUT2D eigenvalue weighted by Crippen LogP contribution is -2.30. The highest BCUT2D eigenvalue weighted by Crippen LogP contribution is 2.41. The molecule has 0 spiro atoms. The molecule has 4 heteroatoms. The zero-order valence-corrected chi connectivity index (χ0v) is 13.9. The van der Waals surface area contributed by atoms with E-state index in [-0.39, 0.29) is 6.04 Å². The van der Waals surface area contributed by atoms with Crippen LogP contribution in [0, 0.1) is 0 Å². The Balaban J connectivity index is 1.96. The van der Waals surface area contributed by atoms with Gasteiger partial charge in [0.15, 0.2) is 4.67 Å². The fourth-order valence-electron chi connectivity index (χ4n) is 3.27. The Bertz CT molecular complexity index is 596.